The number of ether oxygens (including phenoxy) is 2. The van der Waals surface area contributed by atoms with Gasteiger partial charge in [0.25, 0.3) is 0 Å². The average Bonchev–Trinajstić information content (AvgIpc) is 2.64. The monoisotopic (exact) mass is 399 g/mol. The topological polar surface area (TPSA) is 114 Å². The summed E-state index contributed by atoms with van der Waals surface area (Å²) in [6.07, 6.45) is -0.205. The Bertz CT molecular complexity index is 762. The Labute approximate surface area is 160 Å². The Hall–Kier alpha value is -1.23. The number of aliphatic hydroxyl groups excluding tert-OH is 1. The summed E-state index contributed by atoms with van der Waals surface area (Å²) in [4.78, 5) is 2.38. The maximum Gasteiger partial charge on any atom is 0.240 e. The Morgan fingerprint density at radius 2 is 2.04 bits per heavy atom. The van der Waals surface area contributed by atoms with Gasteiger partial charge >= 0.3 is 0 Å². The summed E-state index contributed by atoms with van der Waals surface area (Å²) in [7, 11) is -3.65. The molecule has 1 fully saturated rings. The Morgan fingerprint density at radius 1 is 1.33 bits per heavy atom. The largest absolute Gasteiger partial charge is 0.485 e. The lowest BCUT2D eigenvalue weighted by Gasteiger charge is -2.40. The van der Waals surface area contributed by atoms with Crippen molar-refractivity contribution in [3.05, 3.63) is 23.8 Å². The fraction of sp³-hybridized carbons (Fsp3) is 0.667. The molecule has 27 heavy (non-hydrogen) atoms. The third kappa shape index (κ3) is 4.61. The lowest BCUT2D eigenvalue weighted by atomic mass is 9.87. The van der Waals surface area contributed by atoms with E-state index in [4.69, 9.17) is 15.2 Å². The van der Waals surface area contributed by atoms with Crippen molar-refractivity contribution in [2.75, 3.05) is 39.4 Å². The predicted molar refractivity (Wildman–Crippen MR) is 101 cm³/mol. The second-order valence-electron chi connectivity index (χ2n) is 7.58. The van der Waals surface area contributed by atoms with E-state index in [1.54, 1.807) is 19.9 Å². The van der Waals surface area contributed by atoms with Crippen molar-refractivity contribution >= 4 is 10.0 Å². The van der Waals surface area contributed by atoms with Crippen LogP contribution in [-0.2, 0) is 14.8 Å². The van der Waals surface area contributed by atoms with Crippen LogP contribution in [0.3, 0.4) is 0 Å². The number of hydrogen-bond acceptors (Lipinski definition) is 7. The van der Waals surface area contributed by atoms with Crippen molar-refractivity contribution in [2.45, 2.75) is 42.9 Å². The fourth-order valence-corrected chi connectivity index (χ4v) is 4.52. The van der Waals surface area contributed by atoms with E-state index in [1.807, 2.05) is 0 Å². The molecule has 3 rings (SSSR count). The standard InChI is InChI=1S/C18H29N3O5S/c1-18(2)17(22)16(19)14-12-13(4-5-15(14)26-18)27(23,24)20-6-3-7-21-8-10-25-11-9-21/h4-5,12,16-17,20,22H,3,6-11,19H2,1-2H3/t16-,17+/m1/s1. The number of sulfonamides is 1. The van der Waals surface area contributed by atoms with E-state index in [0.29, 0.717) is 17.9 Å². The summed E-state index contributed by atoms with van der Waals surface area (Å²) in [5.74, 6) is 0.504. The lowest BCUT2D eigenvalue weighted by molar-refractivity contribution is -0.0572. The van der Waals surface area contributed by atoms with Crippen molar-refractivity contribution in [2.24, 2.45) is 5.73 Å². The molecule has 1 aromatic carbocycles. The molecule has 0 bridgehead atoms. The molecule has 4 N–H and O–H groups in total. The molecule has 2 aliphatic rings. The van der Waals surface area contributed by atoms with Gasteiger partial charge in [0.05, 0.1) is 24.2 Å². The number of nitrogens with zero attached hydrogens (tertiary/aromatic N) is 1. The zero-order chi connectivity index (χ0) is 19.7. The molecular weight excluding hydrogens is 370 g/mol. The molecule has 2 heterocycles. The van der Waals surface area contributed by atoms with Crippen LogP contribution in [0.1, 0.15) is 31.9 Å². The van der Waals surface area contributed by atoms with Crippen molar-refractivity contribution in [3.8, 4) is 5.75 Å². The quantitative estimate of drug-likeness (QED) is 0.586. The predicted octanol–water partition coefficient (Wildman–Crippen LogP) is 0.219. The van der Waals surface area contributed by atoms with Crippen molar-refractivity contribution in [1.29, 1.82) is 0 Å². The molecule has 8 nitrogen and oxygen atoms in total. The number of aliphatic hydroxyl groups is 1. The molecule has 0 saturated carbocycles. The molecule has 0 aromatic heterocycles. The van der Waals surface area contributed by atoms with Crippen LogP contribution in [0, 0.1) is 0 Å². The second kappa shape index (κ2) is 8.02. The van der Waals surface area contributed by atoms with Gasteiger partial charge in [-0.2, -0.15) is 0 Å². The average molecular weight is 400 g/mol. The SMILES string of the molecule is CC1(C)Oc2ccc(S(=O)(=O)NCCCN3CCOCC3)cc2[C@@H](N)[C@@H]1O. The zero-order valence-electron chi connectivity index (χ0n) is 15.8. The first kappa shape index (κ1) is 20.5. The van der Waals surface area contributed by atoms with E-state index in [9.17, 15) is 13.5 Å². The highest BCUT2D eigenvalue weighted by atomic mass is 32.2. The van der Waals surface area contributed by atoms with Crippen LogP contribution in [-0.4, -0.2) is 69.5 Å². The molecular formula is C18H29N3O5S. The molecule has 2 atom stereocenters. The first-order chi connectivity index (χ1) is 12.7. The van der Waals surface area contributed by atoms with E-state index in [1.165, 1.54) is 12.1 Å². The maximum atomic E-state index is 12.6. The van der Waals surface area contributed by atoms with Crippen molar-refractivity contribution in [1.82, 2.24) is 9.62 Å². The number of morpholine rings is 1. The first-order valence-corrected chi connectivity index (χ1v) is 10.8. The van der Waals surface area contributed by atoms with Gasteiger partial charge in [-0.1, -0.05) is 0 Å². The maximum absolute atomic E-state index is 12.6. The molecule has 0 radical (unpaired) electrons. The minimum absolute atomic E-state index is 0.124. The third-order valence-electron chi connectivity index (χ3n) is 5.12. The highest BCUT2D eigenvalue weighted by Crippen LogP contribution is 2.39. The number of rotatable bonds is 6. The number of nitrogens with two attached hydrogens (primary N) is 1. The van der Waals surface area contributed by atoms with E-state index >= 15 is 0 Å². The summed E-state index contributed by atoms with van der Waals surface area (Å²) in [6.45, 7) is 7.91. The zero-order valence-corrected chi connectivity index (χ0v) is 16.7. The Morgan fingerprint density at radius 3 is 2.74 bits per heavy atom. The van der Waals surface area contributed by atoms with Crippen molar-refractivity contribution in [3.63, 3.8) is 0 Å². The Kier molecular flexibility index (Phi) is 6.09. The number of benzene rings is 1. The minimum atomic E-state index is -3.65. The lowest BCUT2D eigenvalue weighted by Crippen LogP contribution is -2.51. The molecule has 1 aromatic rings. The summed E-state index contributed by atoms with van der Waals surface area (Å²) in [6, 6.07) is 3.89. The molecule has 9 heteroatoms. The van der Waals surface area contributed by atoms with Gasteiger partial charge in [-0.3, -0.25) is 4.90 Å². The molecule has 1 saturated heterocycles. The fourth-order valence-electron chi connectivity index (χ4n) is 3.41. The van der Waals surface area contributed by atoms with Gasteiger partial charge in [-0.15, -0.1) is 0 Å². The normalized spacial score (nSPS) is 25.6. The van der Waals surface area contributed by atoms with Crippen LogP contribution < -0.4 is 15.2 Å². The van der Waals surface area contributed by atoms with Gasteiger partial charge in [0, 0.05) is 25.2 Å². The van der Waals surface area contributed by atoms with E-state index in [-0.39, 0.29) is 4.90 Å². The van der Waals surface area contributed by atoms with Crippen LogP contribution >= 0.6 is 0 Å². The summed E-state index contributed by atoms with van der Waals surface area (Å²) in [5, 5.41) is 10.3. The van der Waals surface area contributed by atoms with Crippen LogP contribution in [0.4, 0.5) is 0 Å². The minimum Gasteiger partial charge on any atom is -0.485 e. The molecule has 152 valence electrons. The number of nitrogens with one attached hydrogen (secondary N) is 1. The van der Waals surface area contributed by atoms with Gasteiger partial charge in [0.15, 0.2) is 0 Å². The molecule has 0 amide bonds. The van der Waals surface area contributed by atoms with Gasteiger partial charge in [0.2, 0.25) is 10.0 Å². The Balaban J connectivity index is 1.63. The van der Waals surface area contributed by atoms with E-state index in [2.05, 4.69) is 9.62 Å². The van der Waals surface area contributed by atoms with Gasteiger partial charge in [0.1, 0.15) is 17.5 Å². The van der Waals surface area contributed by atoms with Gasteiger partial charge in [-0.05, 0) is 45.0 Å². The van der Waals surface area contributed by atoms with E-state index < -0.39 is 27.8 Å². The highest BCUT2D eigenvalue weighted by Gasteiger charge is 2.41. The third-order valence-corrected chi connectivity index (χ3v) is 6.58. The van der Waals surface area contributed by atoms with Crippen molar-refractivity contribution < 1.29 is 23.0 Å². The molecule has 0 spiro atoms. The van der Waals surface area contributed by atoms with Crippen LogP contribution in [0.15, 0.2) is 23.1 Å². The number of fused-ring (bicyclic) bond motifs is 1. The van der Waals surface area contributed by atoms with Crippen LogP contribution in [0.5, 0.6) is 5.75 Å². The number of hydrogen-bond donors (Lipinski definition) is 3. The van der Waals surface area contributed by atoms with E-state index in [0.717, 1.165) is 39.3 Å². The van der Waals surface area contributed by atoms with Gasteiger partial charge in [-0.25, -0.2) is 13.1 Å². The molecule has 0 aliphatic carbocycles. The van der Waals surface area contributed by atoms with Crippen LogP contribution in [0.25, 0.3) is 0 Å². The van der Waals surface area contributed by atoms with Crippen LogP contribution in [0.2, 0.25) is 0 Å². The second-order valence-corrected chi connectivity index (χ2v) is 9.35. The smallest absolute Gasteiger partial charge is 0.240 e. The highest BCUT2D eigenvalue weighted by molar-refractivity contribution is 7.89. The summed E-state index contributed by atoms with van der Waals surface area (Å²) >= 11 is 0. The van der Waals surface area contributed by atoms with Gasteiger partial charge < -0.3 is 20.3 Å². The first-order valence-electron chi connectivity index (χ1n) is 9.27. The molecule has 0 unspecified atom stereocenters. The molecule has 2 aliphatic heterocycles. The summed E-state index contributed by atoms with van der Waals surface area (Å²) in [5.41, 5.74) is 5.79. The summed E-state index contributed by atoms with van der Waals surface area (Å²) < 4.78 is 38.9.